The van der Waals surface area contributed by atoms with E-state index in [4.69, 9.17) is 0 Å². The molecule has 0 spiro atoms. The van der Waals surface area contributed by atoms with Crippen LogP contribution in [-0.4, -0.2) is 40.3 Å². The number of carbonyl (C=O) groups is 1. The minimum atomic E-state index is 0.0634. The van der Waals surface area contributed by atoms with E-state index in [0.29, 0.717) is 24.7 Å². The summed E-state index contributed by atoms with van der Waals surface area (Å²) in [7, 11) is 0. The van der Waals surface area contributed by atoms with Crippen LogP contribution in [0.3, 0.4) is 0 Å². The van der Waals surface area contributed by atoms with Crippen LogP contribution in [0.4, 0.5) is 0 Å². The highest BCUT2D eigenvalue weighted by Crippen LogP contribution is 2.14. The van der Waals surface area contributed by atoms with Crippen molar-refractivity contribution in [3.05, 3.63) is 11.4 Å². The Morgan fingerprint density at radius 2 is 2.16 bits per heavy atom. The summed E-state index contributed by atoms with van der Waals surface area (Å²) in [6, 6.07) is 0.490. The van der Waals surface area contributed by atoms with Crippen LogP contribution in [0.1, 0.15) is 44.0 Å². The Morgan fingerprint density at radius 3 is 2.79 bits per heavy atom. The molecule has 1 amide bonds. The fraction of sp³-hybridized carbons (Fsp3) is 0.769. The molecular weight excluding hydrogens is 244 g/mol. The summed E-state index contributed by atoms with van der Waals surface area (Å²) >= 11 is 0. The predicted molar refractivity (Wildman–Crippen MR) is 70.4 cm³/mol. The largest absolute Gasteiger partial charge is 0.350 e. The van der Waals surface area contributed by atoms with Crippen molar-refractivity contribution in [2.24, 2.45) is 0 Å². The minimum Gasteiger partial charge on any atom is -0.350 e. The van der Waals surface area contributed by atoms with Gasteiger partial charge in [-0.05, 0) is 46.2 Å². The second-order valence-electron chi connectivity index (χ2n) is 5.20. The van der Waals surface area contributed by atoms with Gasteiger partial charge in [0.05, 0.1) is 6.54 Å². The molecule has 2 heterocycles. The second kappa shape index (κ2) is 6.65. The first kappa shape index (κ1) is 14.0. The monoisotopic (exact) mass is 266 g/mol. The highest BCUT2D eigenvalue weighted by atomic mass is 16.6. The molecule has 1 aliphatic heterocycles. The molecule has 1 aromatic rings. The van der Waals surface area contributed by atoms with Crippen LogP contribution < -0.4 is 5.32 Å². The van der Waals surface area contributed by atoms with Gasteiger partial charge in [0.25, 0.3) is 0 Å². The van der Waals surface area contributed by atoms with Gasteiger partial charge in [0.1, 0.15) is 11.4 Å². The van der Waals surface area contributed by atoms with Crippen LogP contribution in [0, 0.1) is 6.92 Å². The third-order valence-electron chi connectivity index (χ3n) is 3.75. The Balaban J connectivity index is 1.65. The van der Waals surface area contributed by atoms with Crippen LogP contribution in [0.25, 0.3) is 0 Å². The number of nitrogens with zero attached hydrogens (tertiary/aromatic N) is 3. The van der Waals surface area contributed by atoms with E-state index >= 15 is 0 Å². The van der Waals surface area contributed by atoms with E-state index in [1.807, 2.05) is 6.92 Å². The van der Waals surface area contributed by atoms with E-state index in [0.717, 1.165) is 12.1 Å². The van der Waals surface area contributed by atoms with Gasteiger partial charge in [0.2, 0.25) is 5.91 Å². The molecule has 1 atom stereocenters. The van der Waals surface area contributed by atoms with Gasteiger partial charge in [0, 0.05) is 12.5 Å². The first-order valence-corrected chi connectivity index (χ1v) is 6.95. The predicted octanol–water partition coefficient (Wildman–Crippen LogP) is 1.26. The lowest BCUT2D eigenvalue weighted by atomic mass is 10.1. The van der Waals surface area contributed by atoms with E-state index < -0.39 is 0 Å². The quantitative estimate of drug-likeness (QED) is 0.839. The van der Waals surface area contributed by atoms with Crippen LogP contribution in [-0.2, 0) is 11.3 Å². The lowest BCUT2D eigenvalue weighted by Gasteiger charge is -2.23. The van der Waals surface area contributed by atoms with E-state index in [2.05, 4.69) is 32.1 Å². The third-order valence-corrected chi connectivity index (χ3v) is 3.75. The lowest BCUT2D eigenvalue weighted by molar-refractivity contribution is -0.121. The topological polar surface area (TPSA) is 71.3 Å². The molecule has 1 aliphatic rings. The van der Waals surface area contributed by atoms with E-state index in [-0.39, 0.29) is 5.91 Å². The number of carbonyl (C=O) groups excluding carboxylic acids is 1. The summed E-state index contributed by atoms with van der Waals surface area (Å²) < 4.78 is 4.59. The maximum Gasteiger partial charge on any atom is 0.220 e. The molecule has 1 saturated heterocycles. The number of nitrogens with one attached hydrogen (secondary N) is 1. The smallest absolute Gasteiger partial charge is 0.220 e. The molecule has 106 valence electrons. The molecule has 6 heteroatoms. The fourth-order valence-electron chi connectivity index (χ4n) is 2.39. The molecule has 19 heavy (non-hydrogen) atoms. The van der Waals surface area contributed by atoms with Gasteiger partial charge < -0.3 is 10.2 Å². The molecule has 0 unspecified atom stereocenters. The summed E-state index contributed by atoms with van der Waals surface area (Å²) in [5, 5.41) is 10.3. The number of amides is 1. The minimum absolute atomic E-state index is 0.0634. The summed E-state index contributed by atoms with van der Waals surface area (Å²) in [5.41, 5.74) is 1.42. The Morgan fingerprint density at radius 1 is 1.42 bits per heavy atom. The van der Waals surface area contributed by atoms with Crippen molar-refractivity contribution in [3.63, 3.8) is 0 Å². The molecule has 0 saturated carbocycles. The van der Waals surface area contributed by atoms with Gasteiger partial charge in [0.15, 0.2) is 0 Å². The number of aromatic nitrogens is 2. The highest BCUT2D eigenvalue weighted by molar-refractivity contribution is 5.75. The Kier molecular flexibility index (Phi) is 4.90. The summed E-state index contributed by atoms with van der Waals surface area (Å²) in [6.45, 7) is 6.75. The molecule has 0 radical (unpaired) electrons. The van der Waals surface area contributed by atoms with Crippen molar-refractivity contribution in [1.82, 2.24) is 20.5 Å². The first-order valence-electron chi connectivity index (χ1n) is 6.95. The normalized spacial score (nSPS) is 17.6. The Bertz CT molecular complexity index is 413. The summed E-state index contributed by atoms with van der Waals surface area (Å²) in [5.74, 6) is 0.0634. The molecule has 6 nitrogen and oxygen atoms in total. The maximum absolute atomic E-state index is 11.8. The number of hydrogen-bond acceptors (Lipinski definition) is 5. The van der Waals surface area contributed by atoms with Crippen LogP contribution in [0.5, 0.6) is 0 Å². The van der Waals surface area contributed by atoms with Crippen molar-refractivity contribution < 1.29 is 9.42 Å². The second-order valence-corrected chi connectivity index (χ2v) is 5.20. The Hall–Kier alpha value is -1.43. The maximum atomic E-state index is 11.8. The standard InChI is InChI=1S/C13H22N4O2/c1-10(17-7-3-4-8-17)5-6-13(18)14-9-12-11(2)15-19-16-12/h10H,3-9H2,1-2H3,(H,14,18)/t10-/m1/s1. The van der Waals surface area contributed by atoms with Crippen molar-refractivity contribution in [2.45, 2.75) is 52.1 Å². The van der Waals surface area contributed by atoms with Gasteiger partial charge in [-0.3, -0.25) is 4.79 Å². The highest BCUT2D eigenvalue weighted by Gasteiger charge is 2.18. The lowest BCUT2D eigenvalue weighted by Crippen LogP contribution is -2.32. The van der Waals surface area contributed by atoms with Crippen molar-refractivity contribution in [2.75, 3.05) is 13.1 Å². The molecule has 0 bridgehead atoms. The molecule has 0 aromatic carbocycles. The third kappa shape index (κ3) is 4.02. The van der Waals surface area contributed by atoms with Crippen molar-refractivity contribution >= 4 is 5.91 Å². The van der Waals surface area contributed by atoms with E-state index in [1.54, 1.807) is 0 Å². The summed E-state index contributed by atoms with van der Waals surface area (Å²) in [4.78, 5) is 14.2. The van der Waals surface area contributed by atoms with Gasteiger partial charge in [-0.2, -0.15) is 0 Å². The number of aryl methyl sites for hydroxylation is 1. The van der Waals surface area contributed by atoms with Gasteiger partial charge >= 0.3 is 0 Å². The number of hydrogen-bond donors (Lipinski definition) is 1. The Labute approximate surface area is 113 Å². The number of rotatable bonds is 6. The van der Waals surface area contributed by atoms with E-state index in [9.17, 15) is 4.79 Å². The molecule has 0 aliphatic carbocycles. The zero-order chi connectivity index (χ0) is 13.7. The van der Waals surface area contributed by atoms with Gasteiger partial charge in [-0.15, -0.1) is 0 Å². The fourth-order valence-corrected chi connectivity index (χ4v) is 2.39. The van der Waals surface area contributed by atoms with Crippen LogP contribution >= 0.6 is 0 Å². The zero-order valence-corrected chi connectivity index (χ0v) is 11.7. The molecule has 1 aromatic heterocycles. The van der Waals surface area contributed by atoms with E-state index in [1.165, 1.54) is 25.9 Å². The molecule has 1 fully saturated rings. The van der Waals surface area contributed by atoms with Crippen LogP contribution in [0.15, 0.2) is 4.63 Å². The average Bonchev–Trinajstić information content (AvgIpc) is 3.05. The first-order chi connectivity index (χ1) is 9.16. The zero-order valence-electron chi connectivity index (χ0n) is 11.7. The van der Waals surface area contributed by atoms with Crippen LogP contribution in [0.2, 0.25) is 0 Å². The van der Waals surface area contributed by atoms with Gasteiger partial charge in [-0.1, -0.05) is 10.3 Å². The SMILES string of the molecule is Cc1nonc1CNC(=O)CC[C@@H](C)N1CCCC1. The average molecular weight is 266 g/mol. The molecule has 1 N–H and O–H groups in total. The molecule has 2 rings (SSSR count). The molecular formula is C13H22N4O2. The van der Waals surface area contributed by atoms with Crippen molar-refractivity contribution in [3.8, 4) is 0 Å². The summed E-state index contributed by atoms with van der Waals surface area (Å²) in [6.07, 6.45) is 4.04. The number of likely N-dealkylation sites (tertiary alicyclic amines) is 1. The van der Waals surface area contributed by atoms with Crippen molar-refractivity contribution in [1.29, 1.82) is 0 Å². The van der Waals surface area contributed by atoms with Gasteiger partial charge in [-0.25, -0.2) is 4.63 Å².